The van der Waals surface area contributed by atoms with Gasteiger partial charge in [0.25, 0.3) is 5.91 Å². The van der Waals surface area contributed by atoms with E-state index in [9.17, 15) is 14.3 Å². The zero-order valence-electron chi connectivity index (χ0n) is 15.2. The predicted octanol–water partition coefficient (Wildman–Crippen LogP) is 3.69. The van der Waals surface area contributed by atoms with Crippen LogP contribution in [0.5, 0.6) is 0 Å². The molecule has 0 fully saturated rings. The molecule has 0 unspecified atom stereocenters. The summed E-state index contributed by atoms with van der Waals surface area (Å²) in [7, 11) is 0. The van der Waals surface area contributed by atoms with E-state index in [0.29, 0.717) is 17.8 Å². The summed E-state index contributed by atoms with van der Waals surface area (Å²) >= 11 is 0. The van der Waals surface area contributed by atoms with Crippen molar-refractivity contribution in [1.29, 1.82) is 0 Å². The van der Waals surface area contributed by atoms with Gasteiger partial charge in [0.05, 0.1) is 5.56 Å². The van der Waals surface area contributed by atoms with E-state index >= 15 is 0 Å². The van der Waals surface area contributed by atoms with Crippen LogP contribution in [0.15, 0.2) is 58.2 Å². The lowest BCUT2D eigenvalue weighted by Crippen LogP contribution is -2.18. The second-order valence-electron chi connectivity index (χ2n) is 5.73. The average Bonchev–Trinajstić information content (AvgIpc) is 2.63. The molecule has 27 heavy (non-hydrogen) atoms. The molecule has 6 nitrogen and oxygen atoms in total. The van der Waals surface area contributed by atoms with E-state index in [1.54, 1.807) is 19.1 Å². The molecule has 0 atom stereocenters. The fourth-order valence-electron chi connectivity index (χ4n) is 2.39. The van der Waals surface area contributed by atoms with Crippen LogP contribution in [0, 0.1) is 12.7 Å². The van der Waals surface area contributed by atoms with Crippen molar-refractivity contribution in [2.45, 2.75) is 13.8 Å². The lowest BCUT2D eigenvalue weighted by Gasteiger charge is -2.13. The van der Waals surface area contributed by atoms with Crippen LogP contribution in [0.3, 0.4) is 0 Å². The fraction of sp³-hybridized carbons (Fsp3) is 0.150. The molecular formula is C20H21FN4O2. The summed E-state index contributed by atoms with van der Waals surface area (Å²) in [5.41, 5.74) is 7.14. The minimum absolute atomic E-state index is 0.103. The largest absolute Gasteiger partial charge is 0.503 e. The number of carbonyl (C=O) groups is 1. The fourth-order valence-corrected chi connectivity index (χ4v) is 2.39. The first-order valence-corrected chi connectivity index (χ1v) is 8.25. The van der Waals surface area contributed by atoms with Gasteiger partial charge in [-0.1, -0.05) is 29.8 Å². The number of halogens is 1. The summed E-state index contributed by atoms with van der Waals surface area (Å²) in [6, 6.07) is 11.2. The zero-order valence-corrected chi connectivity index (χ0v) is 15.2. The van der Waals surface area contributed by atoms with Gasteiger partial charge in [-0.05, 0) is 38.8 Å². The lowest BCUT2D eigenvalue weighted by molar-refractivity contribution is 0.0996. The standard InChI is InChI=1S/C20H21FN4O2/c1-4-24-20(25-14-9-10-15(19(22)27)16(21)11-14)18(26)17(23-3)13-7-5-12(2)6-8-13/h5-11,26H,3-4H2,1-2H3,(H2,22,27)(H,24,25)/b18-17+. The molecule has 2 aromatic rings. The van der Waals surface area contributed by atoms with Crippen LogP contribution in [0.4, 0.5) is 10.1 Å². The number of anilines is 1. The number of benzene rings is 2. The van der Waals surface area contributed by atoms with Crippen LogP contribution in [0.25, 0.3) is 5.70 Å². The molecule has 0 aromatic heterocycles. The Morgan fingerprint density at radius 1 is 1.26 bits per heavy atom. The molecule has 2 aromatic carbocycles. The molecule has 0 aliphatic carbocycles. The molecule has 4 N–H and O–H groups in total. The first-order valence-electron chi connectivity index (χ1n) is 8.25. The Balaban J connectivity index is 2.42. The number of aliphatic imine (C=N–C) groups is 2. The van der Waals surface area contributed by atoms with Gasteiger partial charge in [0, 0.05) is 17.8 Å². The Labute approximate surface area is 157 Å². The van der Waals surface area contributed by atoms with Crippen LogP contribution in [0.2, 0.25) is 0 Å². The highest BCUT2D eigenvalue weighted by molar-refractivity contribution is 6.11. The number of nitrogens with zero attached hydrogens (tertiary/aromatic N) is 2. The second-order valence-corrected chi connectivity index (χ2v) is 5.73. The maximum absolute atomic E-state index is 14.0. The minimum Gasteiger partial charge on any atom is -0.503 e. The number of carbonyl (C=O) groups excluding carboxylic acids is 1. The Kier molecular flexibility index (Phi) is 6.43. The average molecular weight is 368 g/mol. The number of aliphatic hydroxyl groups is 1. The smallest absolute Gasteiger partial charge is 0.251 e. The monoisotopic (exact) mass is 368 g/mol. The minimum atomic E-state index is -0.859. The SMILES string of the molecule is C=N/C(=C(/O)C(=NCC)Nc1ccc(C(N)=O)c(F)c1)c1ccc(C)cc1. The highest BCUT2D eigenvalue weighted by atomic mass is 19.1. The zero-order chi connectivity index (χ0) is 20.0. The van der Waals surface area contributed by atoms with E-state index in [2.05, 4.69) is 22.0 Å². The van der Waals surface area contributed by atoms with E-state index < -0.39 is 11.7 Å². The number of aryl methyl sites for hydroxylation is 1. The molecule has 1 amide bonds. The third-order valence-corrected chi connectivity index (χ3v) is 3.75. The second kappa shape index (κ2) is 8.75. The summed E-state index contributed by atoms with van der Waals surface area (Å²) in [5.74, 6) is -1.75. The first-order chi connectivity index (χ1) is 12.9. The lowest BCUT2D eigenvalue weighted by atomic mass is 10.1. The van der Waals surface area contributed by atoms with E-state index in [0.717, 1.165) is 11.6 Å². The number of nitrogens with two attached hydrogens (primary N) is 1. The summed E-state index contributed by atoms with van der Waals surface area (Å²) in [6.45, 7) is 7.62. The number of amidine groups is 1. The van der Waals surface area contributed by atoms with Crippen molar-refractivity contribution in [2.24, 2.45) is 15.7 Å². The van der Waals surface area contributed by atoms with Gasteiger partial charge in [0.1, 0.15) is 11.5 Å². The molecule has 0 aliphatic rings. The molecule has 0 saturated carbocycles. The van der Waals surface area contributed by atoms with Gasteiger partial charge < -0.3 is 16.2 Å². The van der Waals surface area contributed by atoms with Gasteiger partial charge >= 0.3 is 0 Å². The quantitative estimate of drug-likeness (QED) is 0.412. The number of amides is 1. The number of hydrogen-bond donors (Lipinski definition) is 3. The Morgan fingerprint density at radius 2 is 1.93 bits per heavy atom. The molecule has 0 bridgehead atoms. The molecule has 0 radical (unpaired) electrons. The van der Waals surface area contributed by atoms with Crippen molar-refractivity contribution < 1.29 is 14.3 Å². The molecule has 0 saturated heterocycles. The molecule has 140 valence electrons. The van der Waals surface area contributed by atoms with Crippen LogP contribution in [-0.2, 0) is 0 Å². The van der Waals surface area contributed by atoms with Gasteiger partial charge in [-0.3, -0.25) is 14.8 Å². The molecule has 0 heterocycles. The van der Waals surface area contributed by atoms with E-state index in [1.165, 1.54) is 12.1 Å². The van der Waals surface area contributed by atoms with E-state index in [4.69, 9.17) is 5.73 Å². The highest BCUT2D eigenvalue weighted by Gasteiger charge is 2.15. The number of nitrogens with one attached hydrogen (secondary N) is 1. The predicted molar refractivity (Wildman–Crippen MR) is 107 cm³/mol. The number of aliphatic hydroxyl groups excluding tert-OH is 1. The summed E-state index contributed by atoms with van der Waals surface area (Å²) < 4.78 is 14.0. The Morgan fingerprint density at radius 3 is 2.44 bits per heavy atom. The molecule has 7 heteroatoms. The van der Waals surface area contributed by atoms with Crippen LogP contribution in [0.1, 0.15) is 28.4 Å². The van der Waals surface area contributed by atoms with Crippen LogP contribution in [-0.4, -0.2) is 30.1 Å². The van der Waals surface area contributed by atoms with Crippen LogP contribution < -0.4 is 11.1 Å². The molecule has 2 rings (SSSR count). The van der Waals surface area contributed by atoms with Crippen molar-refractivity contribution in [2.75, 3.05) is 11.9 Å². The van der Waals surface area contributed by atoms with Crippen molar-refractivity contribution in [3.63, 3.8) is 0 Å². The summed E-state index contributed by atoms with van der Waals surface area (Å²) in [6.07, 6.45) is 0. The van der Waals surface area contributed by atoms with Crippen molar-refractivity contribution in [3.8, 4) is 0 Å². The number of rotatable bonds is 6. The molecule has 0 spiro atoms. The van der Waals surface area contributed by atoms with Crippen molar-refractivity contribution >= 4 is 29.8 Å². The van der Waals surface area contributed by atoms with Gasteiger partial charge in [-0.2, -0.15) is 0 Å². The third-order valence-electron chi connectivity index (χ3n) is 3.75. The number of primary amides is 1. The number of hydrogen-bond acceptors (Lipinski definition) is 4. The van der Waals surface area contributed by atoms with E-state index in [-0.39, 0.29) is 22.9 Å². The first kappa shape index (κ1) is 19.8. The van der Waals surface area contributed by atoms with Gasteiger partial charge in [0.2, 0.25) is 0 Å². The van der Waals surface area contributed by atoms with Crippen molar-refractivity contribution in [3.05, 3.63) is 70.7 Å². The maximum atomic E-state index is 14.0. The maximum Gasteiger partial charge on any atom is 0.251 e. The topological polar surface area (TPSA) is 100 Å². The summed E-state index contributed by atoms with van der Waals surface area (Å²) in [5, 5.41) is 13.5. The Hall–Kier alpha value is -3.48. The third kappa shape index (κ3) is 4.78. The van der Waals surface area contributed by atoms with Crippen LogP contribution >= 0.6 is 0 Å². The molecular weight excluding hydrogens is 347 g/mol. The van der Waals surface area contributed by atoms with Gasteiger partial charge in [0.15, 0.2) is 11.6 Å². The highest BCUT2D eigenvalue weighted by Crippen LogP contribution is 2.22. The van der Waals surface area contributed by atoms with E-state index in [1.807, 2.05) is 19.1 Å². The van der Waals surface area contributed by atoms with Gasteiger partial charge in [-0.25, -0.2) is 4.39 Å². The van der Waals surface area contributed by atoms with Gasteiger partial charge in [-0.15, -0.1) is 0 Å². The summed E-state index contributed by atoms with van der Waals surface area (Å²) in [4.78, 5) is 19.3. The molecule has 0 aliphatic heterocycles. The Bertz CT molecular complexity index is 918. The van der Waals surface area contributed by atoms with Crippen molar-refractivity contribution in [1.82, 2.24) is 0 Å². The normalized spacial score (nSPS) is 12.3.